The van der Waals surface area contributed by atoms with E-state index >= 15 is 0 Å². The molecule has 0 bridgehead atoms. The van der Waals surface area contributed by atoms with Crippen LogP contribution < -0.4 is 10.2 Å². The van der Waals surface area contributed by atoms with Gasteiger partial charge in [0.05, 0.1) is 10.6 Å². The third-order valence-electron chi connectivity index (χ3n) is 4.45. The zero-order valence-corrected chi connectivity index (χ0v) is 16.2. The maximum atomic E-state index is 13.4. The van der Waals surface area contributed by atoms with Crippen LogP contribution >= 0.6 is 0 Å². The van der Waals surface area contributed by atoms with E-state index in [0.717, 1.165) is 4.90 Å². The molecule has 1 unspecified atom stereocenters. The van der Waals surface area contributed by atoms with Crippen molar-refractivity contribution in [2.75, 3.05) is 4.90 Å². The molecular formula is C20H21N3O6. The van der Waals surface area contributed by atoms with Crippen LogP contribution in [0.2, 0.25) is 0 Å². The van der Waals surface area contributed by atoms with E-state index in [1.807, 2.05) is 0 Å². The van der Waals surface area contributed by atoms with E-state index in [1.54, 1.807) is 32.0 Å². The molecular weight excluding hydrogens is 378 g/mol. The molecule has 0 aromatic heterocycles. The molecule has 0 spiro atoms. The molecule has 0 saturated carbocycles. The van der Waals surface area contributed by atoms with Crippen LogP contribution in [0.1, 0.15) is 34.8 Å². The first-order valence-corrected chi connectivity index (χ1v) is 8.86. The summed E-state index contributed by atoms with van der Waals surface area (Å²) in [6.45, 7) is 4.81. The number of amides is 3. The lowest BCUT2D eigenvalue weighted by molar-refractivity contribution is -0.385. The number of benzene rings is 2. The van der Waals surface area contributed by atoms with Crippen molar-refractivity contribution >= 4 is 29.3 Å². The van der Waals surface area contributed by atoms with Gasteiger partial charge in [0, 0.05) is 6.07 Å². The van der Waals surface area contributed by atoms with Gasteiger partial charge in [-0.3, -0.25) is 19.7 Å². The predicted octanol–water partition coefficient (Wildman–Crippen LogP) is 3.43. The van der Waals surface area contributed by atoms with Gasteiger partial charge in [-0.15, -0.1) is 0 Å². The Kier molecular flexibility index (Phi) is 6.66. The Morgan fingerprint density at radius 2 is 1.72 bits per heavy atom. The molecule has 0 aliphatic carbocycles. The maximum absolute atomic E-state index is 13.4. The van der Waals surface area contributed by atoms with Gasteiger partial charge in [0.25, 0.3) is 17.5 Å². The fourth-order valence-electron chi connectivity index (χ4n) is 2.98. The lowest BCUT2D eigenvalue weighted by Gasteiger charge is -2.27. The maximum Gasteiger partial charge on any atom is 0.405 e. The van der Waals surface area contributed by atoms with Crippen molar-refractivity contribution in [1.82, 2.24) is 5.32 Å². The summed E-state index contributed by atoms with van der Waals surface area (Å²) in [7, 11) is 0. The molecule has 0 aliphatic rings. The van der Waals surface area contributed by atoms with Crippen LogP contribution in [-0.2, 0) is 4.79 Å². The number of hydrogen-bond acceptors (Lipinski definition) is 5. The topological polar surface area (TPSA) is 130 Å². The van der Waals surface area contributed by atoms with Crippen LogP contribution in [0.3, 0.4) is 0 Å². The summed E-state index contributed by atoms with van der Waals surface area (Å²) in [6.07, 6.45) is -1.32. The van der Waals surface area contributed by atoms with Crippen LogP contribution in [-0.4, -0.2) is 34.0 Å². The zero-order chi connectivity index (χ0) is 21.7. The van der Waals surface area contributed by atoms with E-state index in [4.69, 9.17) is 5.11 Å². The number of carbonyl (C=O) groups excluding carboxylic acids is 2. The number of carbonyl (C=O) groups is 3. The van der Waals surface area contributed by atoms with Gasteiger partial charge in [-0.1, -0.05) is 37.3 Å². The third-order valence-corrected chi connectivity index (χ3v) is 4.45. The average Bonchev–Trinajstić information content (AvgIpc) is 2.67. The van der Waals surface area contributed by atoms with Crippen molar-refractivity contribution in [1.29, 1.82) is 0 Å². The number of nitro groups is 1. The Balaban J connectivity index is 2.68. The van der Waals surface area contributed by atoms with E-state index in [9.17, 15) is 24.5 Å². The Labute approximate surface area is 167 Å². The largest absolute Gasteiger partial charge is 0.465 e. The van der Waals surface area contributed by atoms with Crippen LogP contribution in [0.15, 0.2) is 42.5 Å². The van der Waals surface area contributed by atoms with Gasteiger partial charge in [-0.2, -0.15) is 0 Å². The Hall–Kier alpha value is -3.75. The molecule has 0 saturated heterocycles. The van der Waals surface area contributed by atoms with Crippen LogP contribution in [0.5, 0.6) is 0 Å². The molecule has 9 heteroatoms. The van der Waals surface area contributed by atoms with Gasteiger partial charge in [-0.25, -0.2) is 9.69 Å². The lowest BCUT2D eigenvalue weighted by Crippen LogP contribution is -2.50. The highest BCUT2D eigenvalue weighted by molar-refractivity contribution is 6.24. The summed E-state index contributed by atoms with van der Waals surface area (Å²) in [6, 6.07) is 9.53. The SMILES string of the molecule is CCC(NC(=O)O)C(=O)N(C(=O)c1c(C)cccc1[N+](=O)[O-])c1ccccc1C. The molecule has 2 rings (SSSR count). The van der Waals surface area contributed by atoms with Crippen molar-refractivity contribution in [2.24, 2.45) is 0 Å². The number of nitro benzene ring substituents is 1. The van der Waals surface area contributed by atoms with Gasteiger partial charge in [0.15, 0.2) is 0 Å². The summed E-state index contributed by atoms with van der Waals surface area (Å²) >= 11 is 0. The minimum Gasteiger partial charge on any atom is -0.465 e. The molecule has 0 radical (unpaired) electrons. The molecule has 2 aromatic carbocycles. The number of carboxylic acid groups (broad SMARTS) is 1. The van der Waals surface area contributed by atoms with Gasteiger partial charge < -0.3 is 10.4 Å². The molecule has 152 valence electrons. The monoisotopic (exact) mass is 399 g/mol. The normalized spacial score (nSPS) is 11.4. The lowest BCUT2D eigenvalue weighted by atomic mass is 10.0. The molecule has 0 fully saturated rings. The number of imide groups is 1. The standard InChI is InChI=1S/C20H21N3O6/c1-4-14(21-20(26)27)18(24)22(15-10-6-5-8-12(15)2)19(25)17-13(3)9-7-11-16(17)23(28)29/h5-11,14,21H,4H2,1-3H3,(H,26,27). The number of anilines is 1. The molecule has 0 heterocycles. The second-order valence-corrected chi connectivity index (χ2v) is 6.40. The molecule has 9 nitrogen and oxygen atoms in total. The fourth-order valence-corrected chi connectivity index (χ4v) is 2.98. The zero-order valence-electron chi connectivity index (χ0n) is 16.2. The van der Waals surface area contributed by atoms with E-state index < -0.39 is 34.6 Å². The van der Waals surface area contributed by atoms with Crippen molar-refractivity contribution < 1.29 is 24.4 Å². The first-order chi connectivity index (χ1) is 13.7. The molecule has 2 aromatic rings. The van der Waals surface area contributed by atoms with Crippen LogP contribution in [0.4, 0.5) is 16.2 Å². The number of nitrogens with one attached hydrogen (secondary N) is 1. The highest BCUT2D eigenvalue weighted by atomic mass is 16.6. The molecule has 29 heavy (non-hydrogen) atoms. The molecule has 1 atom stereocenters. The first-order valence-electron chi connectivity index (χ1n) is 8.86. The summed E-state index contributed by atoms with van der Waals surface area (Å²) in [5.74, 6) is -1.70. The van der Waals surface area contributed by atoms with Gasteiger partial charge in [0.1, 0.15) is 11.6 Å². The van der Waals surface area contributed by atoms with Crippen molar-refractivity contribution in [3.63, 3.8) is 0 Å². The summed E-state index contributed by atoms with van der Waals surface area (Å²) in [5, 5.41) is 22.6. The van der Waals surface area contributed by atoms with Gasteiger partial charge >= 0.3 is 6.09 Å². The van der Waals surface area contributed by atoms with Gasteiger partial charge in [-0.05, 0) is 37.5 Å². The van der Waals surface area contributed by atoms with Crippen LogP contribution in [0.25, 0.3) is 0 Å². The summed E-state index contributed by atoms with van der Waals surface area (Å²) < 4.78 is 0. The summed E-state index contributed by atoms with van der Waals surface area (Å²) in [4.78, 5) is 49.3. The second kappa shape index (κ2) is 8.96. The second-order valence-electron chi connectivity index (χ2n) is 6.40. The quantitative estimate of drug-likeness (QED) is 0.565. The number of nitrogens with zero attached hydrogens (tertiary/aromatic N) is 2. The number of rotatable bonds is 6. The van der Waals surface area contributed by atoms with Gasteiger partial charge in [0.2, 0.25) is 0 Å². The first kappa shape index (κ1) is 21.5. The highest BCUT2D eigenvalue weighted by Gasteiger charge is 2.35. The fraction of sp³-hybridized carbons (Fsp3) is 0.250. The summed E-state index contributed by atoms with van der Waals surface area (Å²) in [5.41, 5.74) is 0.482. The Bertz CT molecular complexity index is 972. The minimum absolute atomic E-state index is 0.0939. The van der Waals surface area contributed by atoms with Crippen molar-refractivity contribution in [3.05, 3.63) is 69.3 Å². The van der Waals surface area contributed by atoms with E-state index in [2.05, 4.69) is 5.32 Å². The smallest absolute Gasteiger partial charge is 0.405 e. The molecule has 3 amide bonds. The third kappa shape index (κ3) is 4.57. The minimum atomic E-state index is -1.41. The Morgan fingerprint density at radius 3 is 2.28 bits per heavy atom. The molecule has 0 aliphatic heterocycles. The number of aryl methyl sites for hydroxylation is 2. The molecule has 2 N–H and O–H groups in total. The van der Waals surface area contributed by atoms with Crippen molar-refractivity contribution in [2.45, 2.75) is 33.2 Å². The van der Waals surface area contributed by atoms with E-state index in [0.29, 0.717) is 11.1 Å². The number of hydrogen-bond donors (Lipinski definition) is 2. The highest BCUT2D eigenvalue weighted by Crippen LogP contribution is 2.28. The van der Waals surface area contributed by atoms with E-state index in [1.165, 1.54) is 31.2 Å². The van der Waals surface area contributed by atoms with Crippen LogP contribution in [0, 0.1) is 24.0 Å². The van der Waals surface area contributed by atoms with Crippen molar-refractivity contribution in [3.8, 4) is 0 Å². The Morgan fingerprint density at radius 1 is 1.10 bits per heavy atom. The predicted molar refractivity (Wildman–Crippen MR) is 106 cm³/mol. The number of para-hydroxylation sites is 1. The average molecular weight is 399 g/mol. The van der Waals surface area contributed by atoms with E-state index in [-0.39, 0.29) is 17.7 Å².